The van der Waals surface area contributed by atoms with E-state index in [4.69, 9.17) is 11.6 Å². The van der Waals surface area contributed by atoms with Gasteiger partial charge in [-0.05, 0) is 6.07 Å². The summed E-state index contributed by atoms with van der Waals surface area (Å²) in [4.78, 5) is 4.83. The zero-order valence-electron chi connectivity index (χ0n) is 5.48. The van der Waals surface area contributed by atoms with E-state index in [1.807, 2.05) is 31.3 Å². The Morgan fingerprint density at radius 2 is 2.22 bits per heavy atom. The molecule has 0 atom stereocenters. The van der Waals surface area contributed by atoms with Gasteiger partial charge < -0.3 is 9.88 Å². The molecule has 0 bridgehead atoms. The lowest BCUT2D eigenvalue weighted by atomic mass is 10.5. The molecular weight excluding hydrogens is 136 g/mol. The lowest BCUT2D eigenvalue weighted by molar-refractivity contribution is 1.13. The van der Waals surface area contributed by atoms with Crippen molar-refractivity contribution in [1.82, 2.24) is 4.98 Å². The van der Waals surface area contributed by atoms with Gasteiger partial charge in [-0.2, -0.15) is 0 Å². The summed E-state index contributed by atoms with van der Waals surface area (Å²) >= 11 is 5.74. The maximum absolute atomic E-state index is 5.74. The van der Waals surface area contributed by atoms with E-state index in [9.17, 15) is 0 Å². The third-order valence-electron chi connectivity index (χ3n) is 1.16. The second kappa shape index (κ2) is 2.31. The largest absolute Gasteiger partial charge is 0.375 e. The fraction of sp³-hybridized carbons (Fsp3) is 0.333. The summed E-state index contributed by atoms with van der Waals surface area (Å²) in [5.41, 5.74) is 1.02. The van der Waals surface area contributed by atoms with Gasteiger partial charge in [0.05, 0.1) is 5.69 Å². The number of anilines is 1. The molecule has 0 saturated carbocycles. The van der Waals surface area contributed by atoms with Crippen molar-refractivity contribution in [2.45, 2.75) is 0 Å². The molecule has 9 heavy (non-hydrogen) atoms. The summed E-state index contributed by atoms with van der Waals surface area (Å²) < 4.78 is 0. The van der Waals surface area contributed by atoms with Gasteiger partial charge in [0.15, 0.2) is 0 Å². The average molecular weight is 145 g/mol. The van der Waals surface area contributed by atoms with E-state index in [0.29, 0.717) is 5.15 Å². The van der Waals surface area contributed by atoms with Crippen LogP contribution in [0, 0.1) is 0 Å². The number of hydrogen-bond donors (Lipinski definition) is 1. The van der Waals surface area contributed by atoms with Gasteiger partial charge in [-0.3, -0.25) is 0 Å². The van der Waals surface area contributed by atoms with Crippen molar-refractivity contribution in [1.29, 1.82) is 0 Å². The lowest BCUT2D eigenvalue weighted by Crippen LogP contribution is -2.07. The summed E-state index contributed by atoms with van der Waals surface area (Å²) in [6.45, 7) is 0. The molecule has 0 aliphatic heterocycles. The van der Waals surface area contributed by atoms with Crippen molar-refractivity contribution in [3.05, 3.63) is 17.4 Å². The Bertz CT molecular complexity index is 193. The fourth-order valence-electron chi connectivity index (χ4n) is 0.686. The minimum atomic E-state index is 0.694. The zero-order chi connectivity index (χ0) is 6.85. The number of aromatic amines is 1. The second-order valence-corrected chi connectivity index (χ2v) is 2.45. The summed E-state index contributed by atoms with van der Waals surface area (Å²) in [5.74, 6) is 0. The lowest BCUT2D eigenvalue weighted by Gasteiger charge is -2.08. The van der Waals surface area contributed by atoms with Gasteiger partial charge in [0, 0.05) is 20.3 Å². The van der Waals surface area contributed by atoms with Crippen molar-refractivity contribution in [2.75, 3.05) is 19.0 Å². The monoisotopic (exact) mass is 144 g/mol. The summed E-state index contributed by atoms with van der Waals surface area (Å²) in [6, 6.07) is 1.93. The third kappa shape index (κ3) is 1.19. The van der Waals surface area contributed by atoms with E-state index in [2.05, 4.69) is 4.98 Å². The number of aromatic nitrogens is 1. The molecule has 0 fully saturated rings. The van der Waals surface area contributed by atoms with Gasteiger partial charge in [0.1, 0.15) is 5.15 Å². The molecule has 0 aliphatic rings. The van der Waals surface area contributed by atoms with E-state index in [1.54, 1.807) is 0 Å². The van der Waals surface area contributed by atoms with Crippen LogP contribution in [0.5, 0.6) is 0 Å². The third-order valence-corrected chi connectivity index (χ3v) is 1.46. The molecule has 0 aliphatic carbocycles. The van der Waals surface area contributed by atoms with Crippen molar-refractivity contribution in [2.24, 2.45) is 0 Å². The highest BCUT2D eigenvalue weighted by molar-refractivity contribution is 6.32. The molecule has 50 valence electrons. The van der Waals surface area contributed by atoms with Crippen LogP contribution in [0.4, 0.5) is 5.69 Å². The molecule has 0 unspecified atom stereocenters. The maximum Gasteiger partial charge on any atom is 0.129 e. The Balaban J connectivity index is 2.94. The highest BCUT2D eigenvalue weighted by Gasteiger charge is 1.99. The van der Waals surface area contributed by atoms with Crippen LogP contribution < -0.4 is 4.90 Å². The van der Waals surface area contributed by atoms with Gasteiger partial charge in [-0.1, -0.05) is 11.6 Å². The summed E-state index contributed by atoms with van der Waals surface area (Å²) in [7, 11) is 3.91. The Kier molecular flexibility index (Phi) is 1.67. The van der Waals surface area contributed by atoms with E-state index >= 15 is 0 Å². The van der Waals surface area contributed by atoms with Crippen LogP contribution in [0.25, 0.3) is 0 Å². The van der Waals surface area contributed by atoms with Gasteiger partial charge in [0.2, 0.25) is 0 Å². The van der Waals surface area contributed by atoms with Crippen LogP contribution in [0.2, 0.25) is 5.15 Å². The van der Waals surface area contributed by atoms with Gasteiger partial charge in [-0.25, -0.2) is 0 Å². The average Bonchev–Trinajstić information content (AvgIpc) is 2.13. The molecule has 3 heteroatoms. The molecule has 1 heterocycles. The molecule has 0 spiro atoms. The summed E-state index contributed by atoms with van der Waals surface area (Å²) in [6.07, 6.45) is 1.82. The Hall–Kier alpha value is -0.630. The van der Waals surface area contributed by atoms with Crippen LogP contribution in [-0.2, 0) is 0 Å². The number of nitrogens with one attached hydrogen (secondary N) is 1. The van der Waals surface area contributed by atoms with E-state index in [0.717, 1.165) is 5.69 Å². The number of hydrogen-bond acceptors (Lipinski definition) is 1. The predicted octanol–water partition coefficient (Wildman–Crippen LogP) is 1.73. The van der Waals surface area contributed by atoms with Crippen LogP contribution in [-0.4, -0.2) is 19.1 Å². The molecule has 1 aromatic heterocycles. The highest BCUT2D eigenvalue weighted by atomic mass is 35.5. The molecule has 1 rings (SSSR count). The first-order valence-corrected chi connectivity index (χ1v) is 3.10. The van der Waals surface area contributed by atoms with Crippen LogP contribution in [0.15, 0.2) is 12.3 Å². The van der Waals surface area contributed by atoms with Crippen molar-refractivity contribution in [3.63, 3.8) is 0 Å². The second-order valence-electron chi connectivity index (χ2n) is 2.07. The number of rotatable bonds is 1. The van der Waals surface area contributed by atoms with Gasteiger partial charge in [-0.15, -0.1) is 0 Å². The standard InChI is InChI=1S/C6H9ClN2/c1-9(2)5-3-4-8-6(5)7/h3-4,8H,1-2H3. The van der Waals surface area contributed by atoms with E-state index in [-0.39, 0.29) is 0 Å². The van der Waals surface area contributed by atoms with E-state index < -0.39 is 0 Å². The minimum absolute atomic E-state index is 0.694. The van der Waals surface area contributed by atoms with Crippen molar-refractivity contribution < 1.29 is 0 Å². The summed E-state index contributed by atoms with van der Waals surface area (Å²) in [5, 5.41) is 0.694. The minimum Gasteiger partial charge on any atom is -0.375 e. The molecule has 2 nitrogen and oxygen atoms in total. The first-order chi connectivity index (χ1) is 4.22. The number of halogens is 1. The normalized spacial score (nSPS) is 9.67. The highest BCUT2D eigenvalue weighted by Crippen LogP contribution is 2.20. The van der Waals surface area contributed by atoms with Crippen molar-refractivity contribution in [3.8, 4) is 0 Å². The predicted molar refractivity (Wildman–Crippen MR) is 40.1 cm³/mol. The SMILES string of the molecule is CN(C)c1cc[nH]c1Cl. The van der Waals surface area contributed by atoms with E-state index in [1.165, 1.54) is 0 Å². The number of nitrogens with zero attached hydrogens (tertiary/aromatic N) is 1. The zero-order valence-corrected chi connectivity index (χ0v) is 6.24. The van der Waals surface area contributed by atoms with Crippen molar-refractivity contribution >= 4 is 17.3 Å². The molecule has 1 aromatic rings. The molecule has 1 N–H and O–H groups in total. The molecule has 0 aromatic carbocycles. The number of H-pyrrole nitrogens is 1. The van der Waals surface area contributed by atoms with Crippen LogP contribution >= 0.6 is 11.6 Å². The molecule has 0 saturated heterocycles. The van der Waals surface area contributed by atoms with Crippen LogP contribution in [0.3, 0.4) is 0 Å². The Morgan fingerprint density at radius 3 is 2.44 bits per heavy atom. The quantitative estimate of drug-likeness (QED) is 0.636. The van der Waals surface area contributed by atoms with Gasteiger partial charge in [0.25, 0.3) is 0 Å². The Labute approximate surface area is 59.4 Å². The smallest absolute Gasteiger partial charge is 0.129 e. The fourth-order valence-corrected chi connectivity index (χ4v) is 0.981. The Morgan fingerprint density at radius 1 is 1.56 bits per heavy atom. The van der Waals surface area contributed by atoms with Crippen LogP contribution in [0.1, 0.15) is 0 Å². The molecule has 0 amide bonds. The molecular formula is C6H9ClN2. The first-order valence-electron chi connectivity index (χ1n) is 2.72. The maximum atomic E-state index is 5.74. The topological polar surface area (TPSA) is 19.0 Å². The molecule has 0 radical (unpaired) electrons. The first kappa shape index (κ1) is 6.49. The van der Waals surface area contributed by atoms with Gasteiger partial charge >= 0.3 is 0 Å².